The molecule has 3 nitrogen and oxygen atoms in total. The third-order valence-corrected chi connectivity index (χ3v) is 4.45. The normalized spacial score (nSPS) is 20.0. The van der Waals surface area contributed by atoms with Gasteiger partial charge >= 0.3 is 5.97 Å². The summed E-state index contributed by atoms with van der Waals surface area (Å²) in [5, 5.41) is 9.64. The monoisotopic (exact) mass is 261 g/mol. The van der Waals surface area contributed by atoms with Gasteiger partial charge in [-0.2, -0.15) is 0 Å². The highest BCUT2D eigenvalue weighted by atomic mass is 16.4. The fourth-order valence-corrected chi connectivity index (χ4v) is 2.67. The Morgan fingerprint density at radius 3 is 2.47 bits per heavy atom. The molecule has 0 spiro atoms. The molecule has 0 radical (unpaired) electrons. The van der Waals surface area contributed by atoms with E-state index < -0.39 is 11.4 Å². The van der Waals surface area contributed by atoms with Gasteiger partial charge in [-0.1, -0.05) is 30.3 Å². The summed E-state index contributed by atoms with van der Waals surface area (Å²) in [4.78, 5) is 13.9. The van der Waals surface area contributed by atoms with Gasteiger partial charge in [0, 0.05) is 12.6 Å². The molecular weight excluding hydrogens is 238 g/mol. The Labute approximate surface area is 115 Å². The smallest absolute Gasteiger partial charge is 0.315 e. The Hall–Kier alpha value is -1.35. The quantitative estimate of drug-likeness (QED) is 0.856. The van der Waals surface area contributed by atoms with Gasteiger partial charge in [0.05, 0.1) is 0 Å². The van der Waals surface area contributed by atoms with Gasteiger partial charge in [0.1, 0.15) is 5.41 Å². The van der Waals surface area contributed by atoms with Crippen LogP contribution in [0.25, 0.3) is 0 Å². The van der Waals surface area contributed by atoms with Crippen molar-refractivity contribution in [3.05, 3.63) is 35.9 Å². The van der Waals surface area contributed by atoms with E-state index in [1.165, 1.54) is 12.8 Å². The molecule has 0 aromatic heterocycles. The van der Waals surface area contributed by atoms with Gasteiger partial charge < -0.3 is 10.0 Å². The zero-order valence-corrected chi connectivity index (χ0v) is 12.0. The standard InChI is InChI=1S/C16H23NO2/c1-12(13-9-10-13)17(3)11-16(2,15(18)19)14-7-5-4-6-8-14/h4-8,12-13H,9-11H2,1-3H3,(H,18,19). The first-order valence-corrected chi connectivity index (χ1v) is 6.94. The molecule has 1 N–H and O–H groups in total. The largest absolute Gasteiger partial charge is 0.481 e. The second-order valence-corrected chi connectivity index (χ2v) is 6.00. The fraction of sp³-hybridized carbons (Fsp3) is 0.562. The predicted molar refractivity (Wildman–Crippen MR) is 76.2 cm³/mol. The van der Waals surface area contributed by atoms with E-state index in [1.54, 1.807) is 0 Å². The summed E-state index contributed by atoms with van der Waals surface area (Å²) in [6.45, 7) is 4.57. The Bertz CT molecular complexity index is 441. The molecule has 3 heteroatoms. The summed E-state index contributed by atoms with van der Waals surface area (Å²) < 4.78 is 0. The summed E-state index contributed by atoms with van der Waals surface area (Å²) in [7, 11) is 2.03. The molecule has 0 aliphatic heterocycles. The Balaban J connectivity index is 2.17. The van der Waals surface area contributed by atoms with E-state index in [1.807, 2.05) is 44.3 Å². The highest BCUT2D eigenvalue weighted by Crippen LogP contribution is 2.36. The lowest BCUT2D eigenvalue weighted by Crippen LogP contribution is -2.46. The minimum Gasteiger partial charge on any atom is -0.481 e. The van der Waals surface area contributed by atoms with Crippen LogP contribution in [0.2, 0.25) is 0 Å². The van der Waals surface area contributed by atoms with Crippen LogP contribution >= 0.6 is 0 Å². The molecule has 0 bridgehead atoms. The van der Waals surface area contributed by atoms with Gasteiger partial charge in [-0.05, 0) is 45.2 Å². The van der Waals surface area contributed by atoms with Crippen molar-refractivity contribution in [3.63, 3.8) is 0 Å². The maximum atomic E-state index is 11.7. The lowest BCUT2D eigenvalue weighted by Gasteiger charge is -2.34. The number of hydrogen-bond donors (Lipinski definition) is 1. The molecule has 2 rings (SSSR count). The van der Waals surface area contributed by atoms with Crippen LogP contribution in [-0.2, 0) is 10.2 Å². The van der Waals surface area contributed by atoms with Gasteiger partial charge in [-0.15, -0.1) is 0 Å². The molecular formula is C16H23NO2. The minimum atomic E-state index is -0.848. The predicted octanol–water partition coefficient (Wildman–Crippen LogP) is 2.76. The molecule has 19 heavy (non-hydrogen) atoms. The number of carboxylic acids is 1. The van der Waals surface area contributed by atoms with Crippen LogP contribution in [0.4, 0.5) is 0 Å². The van der Waals surface area contributed by atoms with Crippen molar-refractivity contribution in [1.29, 1.82) is 0 Å². The second-order valence-electron chi connectivity index (χ2n) is 6.00. The molecule has 104 valence electrons. The molecule has 0 amide bonds. The van der Waals surface area contributed by atoms with E-state index in [4.69, 9.17) is 0 Å². The van der Waals surface area contributed by atoms with Crippen LogP contribution in [-0.4, -0.2) is 35.6 Å². The second kappa shape index (κ2) is 5.33. The molecule has 1 fully saturated rings. The molecule has 1 aromatic rings. The van der Waals surface area contributed by atoms with Crippen LogP contribution < -0.4 is 0 Å². The summed E-state index contributed by atoms with van der Waals surface area (Å²) in [6.07, 6.45) is 2.56. The van der Waals surface area contributed by atoms with Gasteiger partial charge in [0.2, 0.25) is 0 Å². The maximum Gasteiger partial charge on any atom is 0.315 e. The number of likely N-dealkylation sites (N-methyl/N-ethyl adjacent to an activating group) is 1. The average molecular weight is 261 g/mol. The van der Waals surface area contributed by atoms with Crippen molar-refractivity contribution < 1.29 is 9.90 Å². The minimum absolute atomic E-state index is 0.461. The molecule has 1 aliphatic rings. The molecule has 1 aliphatic carbocycles. The molecule has 0 saturated heterocycles. The molecule has 1 saturated carbocycles. The van der Waals surface area contributed by atoms with Crippen molar-refractivity contribution in [1.82, 2.24) is 4.90 Å². The number of benzene rings is 1. The van der Waals surface area contributed by atoms with E-state index in [0.29, 0.717) is 12.6 Å². The van der Waals surface area contributed by atoms with Crippen LogP contribution in [0, 0.1) is 5.92 Å². The van der Waals surface area contributed by atoms with Crippen molar-refractivity contribution in [2.24, 2.45) is 5.92 Å². The first-order chi connectivity index (χ1) is 8.95. The van der Waals surface area contributed by atoms with E-state index in [9.17, 15) is 9.90 Å². The first-order valence-electron chi connectivity index (χ1n) is 6.94. The zero-order chi connectivity index (χ0) is 14.0. The Morgan fingerprint density at radius 2 is 2.00 bits per heavy atom. The average Bonchev–Trinajstić information content (AvgIpc) is 3.22. The number of hydrogen-bond acceptors (Lipinski definition) is 2. The van der Waals surface area contributed by atoms with E-state index >= 15 is 0 Å². The van der Waals surface area contributed by atoms with Crippen molar-refractivity contribution in [2.75, 3.05) is 13.6 Å². The van der Waals surface area contributed by atoms with Crippen LogP contribution in [0.5, 0.6) is 0 Å². The highest BCUT2D eigenvalue weighted by molar-refractivity contribution is 5.81. The first kappa shape index (κ1) is 14.1. The van der Waals surface area contributed by atoms with Crippen LogP contribution in [0.1, 0.15) is 32.3 Å². The number of aliphatic carboxylic acids is 1. The number of carboxylic acid groups (broad SMARTS) is 1. The van der Waals surface area contributed by atoms with Gasteiger partial charge in [-0.3, -0.25) is 4.79 Å². The van der Waals surface area contributed by atoms with Crippen LogP contribution in [0.3, 0.4) is 0 Å². The van der Waals surface area contributed by atoms with Gasteiger partial charge in [-0.25, -0.2) is 0 Å². The third kappa shape index (κ3) is 2.98. The Kier molecular flexibility index (Phi) is 3.95. The number of nitrogens with zero attached hydrogens (tertiary/aromatic N) is 1. The van der Waals surface area contributed by atoms with Crippen molar-refractivity contribution in [2.45, 2.75) is 38.1 Å². The van der Waals surface area contributed by atoms with E-state index in [2.05, 4.69) is 11.8 Å². The molecule has 1 aromatic carbocycles. The zero-order valence-electron chi connectivity index (χ0n) is 12.0. The summed E-state index contributed by atoms with van der Waals surface area (Å²) in [6, 6.07) is 10.00. The van der Waals surface area contributed by atoms with E-state index in [-0.39, 0.29) is 0 Å². The molecule has 2 unspecified atom stereocenters. The number of rotatable bonds is 6. The Morgan fingerprint density at radius 1 is 1.42 bits per heavy atom. The summed E-state index contributed by atoms with van der Waals surface area (Å²) in [5.41, 5.74) is 0.0245. The van der Waals surface area contributed by atoms with E-state index in [0.717, 1.165) is 11.5 Å². The maximum absolute atomic E-state index is 11.7. The summed E-state index contributed by atoms with van der Waals surface area (Å²) in [5.74, 6) is -0.00707. The lowest BCUT2D eigenvalue weighted by molar-refractivity contribution is -0.144. The molecule has 0 heterocycles. The van der Waals surface area contributed by atoms with Gasteiger partial charge in [0.15, 0.2) is 0 Å². The lowest BCUT2D eigenvalue weighted by atomic mass is 9.81. The van der Waals surface area contributed by atoms with Gasteiger partial charge in [0.25, 0.3) is 0 Å². The molecule has 2 atom stereocenters. The third-order valence-electron chi connectivity index (χ3n) is 4.45. The van der Waals surface area contributed by atoms with Crippen molar-refractivity contribution >= 4 is 5.97 Å². The topological polar surface area (TPSA) is 40.5 Å². The fourth-order valence-electron chi connectivity index (χ4n) is 2.67. The SMILES string of the molecule is CC(C1CC1)N(C)CC(C)(C(=O)O)c1ccccc1. The highest BCUT2D eigenvalue weighted by Gasteiger charge is 2.39. The number of carbonyl (C=O) groups is 1. The summed E-state index contributed by atoms with van der Waals surface area (Å²) >= 11 is 0. The van der Waals surface area contributed by atoms with Crippen molar-refractivity contribution in [3.8, 4) is 0 Å². The van der Waals surface area contributed by atoms with Crippen LogP contribution in [0.15, 0.2) is 30.3 Å².